The average Bonchev–Trinajstić information content (AvgIpc) is 2.72. The largest absolute Gasteiger partial charge is 0.385 e. The second-order valence-corrected chi connectivity index (χ2v) is 7.60. The Labute approximate surface area is 127 Å². The van der Waals surface area contributed by atoms with E-state index in [0.717, 1.165) is 32.1 Å². The summed E-state index contributed by atoms with van der Waals surface area (Å²) in [5, 5.41) is 11.7. The maximum absolute atomic E-state index is 11.5. The number of rotatable bonds is 2. The number of nitrogens with two attached hydrogens (primary N) is 1. The van der Waals surface area contributed by atoms with Gasteiger partial charge in [-0.25, -0.2) is 0 Å². The molecule has 3 rings (SSSR count). The molecule has 114 valence electrons. The van der Waals surface area contributed by atoms with Gasteiger partial charge in [-0.1, -0.05) is 32.6 Å². The minimum atomic E-state index is -0.890. The second kappa shape index (κ2) is 5.49. The molecule has 0 aromatic heterocycles. The first-order chi connectivity index (χ1) is 9.57. The zero-order chi connectivity index (χ0) is 14.3. The molecule has 0 amide bonds. The van der Waals surface area contributed by atoms with Crippen LogP contribution < -0.4 is 5.73 Å². The van der Waals surface area contributed by atoms with E-state index in [0.29, 0.717) is 11.8 Å². The Morgan fingerprint density at radius 3 is 2.75 bits per heavy atom. The number of amidine groups is 1. The molecule has 0 aromatic carbocycles. The van der Waals surface area contributed by atoms with Crippen molar-refractivity contribution in [3.63, 3.8) is 0 Å². The Morgan fingerprint density at radius 2 is 2.00 bits per heavy atom. The van der Waals surface area contributed by atoms with Gasteiger partial charge in [0.2, 0.25) is 0 Å². The van der Waals surface area contributed by atoms with E-state index < -0.39 is 5.60 Å². The van der Waals surface area contributed by atoms with Crippen LogP contribution in [-0.4, -0.2) is 28.0 Å². The molecule has 2 fully saturated rings. The summed E-state index contributed by atoms with van der Waals surface area (Å²) < 4.78 is 0. The number of hydrogen-bond donors (Lipinski definition) is 2. The Hall–Kier alpha value is -0.280. The van der Waals surface area contributed by atoms with Gasteiger partial charge in [-0.2, -0.15) is 0 Å². The van der Waals surface area contributed by atoms with E-state index in [1.54, 1.807) is 0 Å². The van der Waals surface area contributed by atoms with E-state index in [1.807, 2.05) is 0 Å². The Morgan fingerprint density at radius 1 is 1.25 bits per heavy atom. The van der Waals surface area contributed by atoms with Crippen LogP contribution in [0, 0.1) is 17.8 Å². The normalized spacial score (nSPS) is 48.8. The Bertz CT molecular complexity index is 400. The molecular formula is C16H27ClN2O. The molecule has 0 spiro atoms. The number of alkyl halides is 1. The van der Waals surface area contributed by atoms with Crippen molar-refractivity contribution < 1.29 is 5.11 Å². The summed E-state index contributed by atoms with van der Waals surface area (Å²) in [5.41, 5.74) is 5.33. The van der Waals surface area contributed by atoms with E-state index in [2.05, 4.69) is 11.9 Å². The molecule has 2 aliphatic carbocycles. The monoisotopic (exact) mass is 298 g/mol. The van der Waals surface area contributed by atoms with Crippen molar-refractivity contribution in [3.8, 4) is 0 Å². The summed E-state index contributed by atoms with van der Waals surface area (Å²) in [4.78, 5) is 4.63. The van der Waals surface area contributed by atoms with Crippen LogP contribution in [0.2, 0.25) is 0 Å². The molecule has 0 aromatic rings. The van der Waals surface area contributed by atoms with Crippen molar-refractivity contribution in [1.29, 1.82) is 0 Å². The number of aliphatic imine (C=N–C) groups is 1. The Kier molecular flexibility index (Phi) is 4.02. The highest BCUT2D eigenvalue weighted by Gasteiger charge is 2.57. The van der Waals surface area contributed by atoms with Gasteiger partial charge >= 0.3 is 0 Å². The standard InChI is InChI=1S/C16H27ClN2O/c1-2-10-5-3-4-6-12(10)16(20)13-9-11(17)7-8-14(13)19-15(16)18/h10-14,20H,2-9H2,1H3,(H2,18,19). The molecule has 1 aliphatic heterocycles. The molecular weight excluding hydrogens is 272 g/mol. The fourth-order valence-corrected chi connectivity index (χ4v) is 5.26. The van der Waals surface area contributed by atoms with Crippen LogP contribution in [0.25, 0.3) is 0 Å². The molecule has 0 bridgehead atoms. The lowest BCUT2D eigenvalue weighted by atomic mass is 9.62. The smallest absolute Gasteiger partial charge is 0.129 e. The minimum absolute atomic E-state index is 0.149. The number of hydrogen-bond acceptors (Lipinski definition) is 3. The maximum Gasteiger partial charge on any atom is 0.129 e. The zero-order valence-electron chi connectivity index (χ0n) is 12.4. The minimum Gasteiger partial charge on any atom is -0.385 e. The molecule has 20 heavy (non-hydrogen) atoms. The van der Waals surface area contributed by atoms with Crippen molar-refractivity contribution in [3.05, 3.63) is 0 Å². The van der Waals surface area contributed by atoms with Crippen LogP contribution in [0.1, 0.15) is 58.3 Å². The summed E-state index contributed by atoms with van der Waals surface area (Å²) in [6.45, 7) is 2.23. The van der Waals surface area contributed by atoms with Crippen LogP contribution in [0.5, 0.6) is 0 Å². The molecule has 4 heteroatoms. The highest BCUT2D eigenvalue weighted by molar-refractivity contribution is 6.20. The molecule has 3 nitrogen and oxygen atoms in total. The number of aliphatic hydroxyl groups is 1. The lowest BCUT2D eigenvalue weighted by molar-refractivity contribution is -0.0521. The van der Waals surface area contributed by atoms with Crippen LogP contribution >= 0.6 is 11.6 Å². The van der Waals surface area contributed by atoms with Gasteiger partial charge in [0.05, 0.1) is 6.04 Å². The first-order valence-corrected chi connectivity index (χ1v) is 8.71. The highest BCUT2D eigenvalue weighted by atomic mass is 35.5. The van der Waals surface area contributed by atoms with E-state index in [9.17, 15) is 5.11 Å². The average molecular weight is 299 g/mol. The van der Waals surface area contributed by atoms with Crippen molar-refractivity contribution in [2.45, 2.75) is 75.3 Å². The van der Waals surface area contributed by atoms with Gasteiger partial charge in [0.1, 0.15) is 11.4 Å². The van der Waals surface area contributed by atoms with Gasteiger partial charge in [0.25, 0.3) is 0 Å². The van der Waals surface area contributed by atoms with Gasteiger partial charge in [-0.05, 0) is 37.5 Å². The zero-order valence-corrected chi connectivity index (χ0v) is 13.1. The first-order valence-electron chi connectivity index (χ1n) is 8.27. The van der Waals surface area contributed by atoms with Crippen molar-refractivity contribution >= 4 is 17.4 Å². The summed E-state index contributed by atoms with van der Waals surface area (Å²) in [5.74, 6) is 1.51. The second-order valence-electron chi connectivity index (χ2n) is 6.98. The van der Waals surface area contributed by atoms with Gasteiger partial charge in [-0.3, -0.25) is 4.99 Å². The molecule has 2 saturated carbocycles. The van der Waals surface area contributed by atoms with Crippen LogP contribution in [0.15, 0.2) is 4.99 Å². The predicted octanol–water partition coefficient (Wildman–Crippen LogP) is 3.08. The van der Waals surface area contributed by atoms with Crippen molar-refractivity contribution in [1.82, 2.24) is 0 Å². The first kappa shape index (κ1) is 14.6. The van der Waals surface area contributed by atoms with Gasteiger partial charge in [-0.15, -0.1) is 11.6 Å². The third-order valence-corrected chi connectivity index (χ3v) is 6.43. The summed E-state index contributed by atoms with van der Waals surface area (Å²) in [7, 11) is 0. The Balaban J connectivity index is 1.90. The van der Waals surface area contributed by atoms with Crippen LogP contribution in [0.4, 0.5) is 0 Å². The third kappa shape index (κ3) is 2.18. The van der Waals surface area contributed by atoms with E-state index in [-0.39, 0.29) is 23.3 Å². The van der Waals surface area contributed by atoms with Gasteiger partial charge in [0, 0.05) is 11.3 Å². The molecule has 0 saturated heterocycles. The lowest BCUT2D eigenvalue weighted by Crippen LogP contribution is -2.57. The molecule has 0 radical (unpaired) electrons. The predicted molar refractivity (Wildman–Crippen MR) is 83.1 cm³/mol. The summed E-state index contributed by atoms with van der Waals surface area (Å²) in [6.07, 6.45) is 8.76. The lowest BCUT2D eigenvalue weighted by Gasteiger charge is -2.46. The fraction of sp³-hybridized carbons (Fsp3) is 0.938. The fourth-order valence-electron chi connectivity index (χ4n) is 4.94. The quantitative estimate of drug-likeness (QED) is 0.770. The number of halogens is 1. The molecule has 3 N–H and O–H groups in total. The molecule has 3 aliphatic rings. The maximum atomic E-state index is 11.5. The molecule has 1 heterocycles. The van der Waals surface area contributed by atoms with Gasteiger partial charge < -0.3 is 10.8 Å². The van der Waals surface area contributed by atoms with Crippen LogP contribution in [-0.2, 0) is 0 Å². The summed E-state index contributed by atoms with van der Waals surface area (Å²) in [6, 6.07) is 0.203. The number of fused-ring (bicyclic) bond motifs is 1. The van der Waals surface area contributed by atoms with Crippen LogP contribution in [0.3, 0.4) is 0 Å². The van der Waals surface area contributed by atoms with Gasteiger partial charge in [0.15, 0.2) is 0 Å². The highest BCUT2D eigenvalue weighted by Crippen LogP contribution is 2.50. The summed E-state index contributed by atoms with van der Waals surface area (Å²) >= 11 is 6.36. The SMILES string of the molecule is CCC1CCCCC1C1(O)C(N)=NC2CCC(Cl)CC21. The number of nitrogens with zero attached hydrogens (tertiary/aromatic N) is 1. The molecule has 6 atom stereocenters. The topological polar surface area (TPSA) is 58.6 Å². The van der Waals surface area contributed by atoms with E-state index >= 15 is 0 Å². The van der Waals surface area contributed by atoms with Crippen molar-refractivity contribution in [2.24, 2.45) is 28.5 Å². The van der Waals surface area contributed by atoms with E-state index in [4.69, 9.17) is 17.3 Å². The van der Waals surface area contributed by atoms with E-state index in [1.165, 1.54) is 19.3 Å². The van der Waals surface area contributed by atoms with Crippen molar-refractivity contribution in [2.75, 3.05) is 0 Å². The third-order valence-electron chi connectivity index (χ3n) is 6.03. The molecule has 6 unspecified atom stereocenters.